The monoisotopic (exact) mass is 150 g/mol. The van der Waals surface area contributed by atoms with Gasteiger partial charge in [-0.15, -0.1) is 0 Å². The van der Waals surface area contributed by atoms with E-state index in [1.165, 1.54) is 18.2 Å². The second-order valence-electron chi connectivity index (χ2n) is 1.66. The van der Waals surface area contributed by atoms with E-state index in [2.05, 4.69) is 30.4 Å². The van der Waals surface area contributed by atoms with Crippen LogP contribution in [0.5, 0.6) is 0 Å². The molecule has 0 rings (SSSR count). The first-order valence-electron chi connectivity index (χ1n) is 2.97. The third-order valence-electron chi connectivity index (χ3n) is 0.960. The van der Waals surface area contributed by atoms with Gasteiger partial charge >= 0.3 is 0 Å². The molecule has 0 aliphatic rings. The lowest BCUT2D eigenvalue weighted by Gasteiger charge is -1.96. The normalized spacial score (nSPS) is 10.0. The first kappa shape index (κ1) is 9.36. The van der Waals surface area contributed by atoms with Crippen LogP contribution in [0.1, 0.15) is 0 Å². The molecule has 0 spiro atoms. The van der Waals surface area contributed by atoms with Crippen molar-refractivity contribution in [3.05, 3.63) is 37.0 Å². The van der Waals surface area contributed by atoms with Crippen molar-refractivity contribution >= 4 is 12.6 Å². The number of carbonyl (C=O) groups excluding carboxylic acids is 1. The van der Waals surface area contributed by atoms with E-state index in [0.717, 1.165) is 0 Å². The third kappa shape index (κ3) is 3.15. The van der Waals surface area contributed by atoms with Crippen LogP contribution in [0.2, 0.25) is 0 Å². The number of hydrazone groups is 1. The Bertz CT molecular complexity index is 216. The SMILES string of the molecule is C=C/C=C(\C=C)C(=O)NN=C. The zero-order valence-electron chi connectivity index (χ0n) is 6.21. The second kappa shape index (κ2) is 5.17. The highest BCUT2D eigenvalue weighted by Crippen LogP contribution is 1.95. The first-order chi connectivity index (χ1) is 5.26. The van der Waals surface area contributed by atoms with E-state index >= 15 is 0 Å². The minimum absolute atomic E-state index is 0.338. The van der Waals surface area contributed by atoms with Crippen LogP contribution in [0.25, 0.3) is 0 Å². The zero-order chi connectivity index (χ0) is 8.69. The Balaban J connectivity index is 4.37. The van der Waals surface area contributed by atoms with Crippen molar-refractivity contribution in [2.24, 2.45) is 5.10 Å². The Kier molecular flexibility index (Phi) is 4.40. The first-order valence-corrected chi connectivity index (χ1v) is 2.97. The molecule has 0 bridgehead atoms. The van der Waals surface area contributed by atoms with Gasteiger partial charge in [0, 0.05) is 12.3 Å². The highest BCUT2D eigenvalue weighted by molar-refractivity contribution is 5.96. The van der Waals surface area contributed by atoms with Gasteiger partial charge in [0.15, 0.2) is 0 Å². The van der Waals surface area contributed by atoms with Crippen LogP contribution in [0.3, 0.4) is 0 Å². The molecule has 0 aromatic rings. The average molecular weight is 150 g/mol. The van der Waals surface area contributed by atoms with Gasteiger partial charge < -0.3 is 0 Å². The zero-order valence-corrected chi connectivity index (χ0v) is 6.21. The third-order valence-corrected chi connectivity index (χ3v) is 0.960. The fourth-order valence-corrected chi connectivity index (χ4v) is 0.500. The summed E-state index contributed by atoms with van der Waals surface area (Å²) < 4.78 is 0. The number of carbonyl (C=O) groups is 1. The van der Waals surface area contributed by atoms with Gasteiger partial charge in [-0.3, -0.25) is 4.79 Å². The van der Waals surface area contributed by atoms with E-state index in [1.54, 1.807) is 0 Å². The minimum atomic E-state index is -0.338. The largest absolute Gasteiger partial charge is 0.271 e. The van der Waals surface area contributed by atoms with E-state index < -0.39 is 0 Å². The van der Waals surface area contributed by atoms with E-state index in [4.69, 9.17) is 0 Å². The molecule has 1 amide bonds. The topological polar surface area (TPSA) is 41.5 Å². The molecule has 0 fully saturated rings. The average Bonchev–Trinajstić information content (AvgIpc) is 2.00. The van der Waals surface area contributed by atoms with Crippen LogP contribution in [-0.2, 0) is 4.79 Å². The Labute approximate surface area is 65.8 Å². The molecule has 0 heterocycles. The Morgan fingerprint density at radius 3 is 2.45 bits per heavy atom. The molecule has 0 aliphatic heterocycles. The number of nitrogens with zero attached hydrogens (tertiary/aromatic N) is 1. The molecule has 0 aliphatic carbocycles. The molecule has 58 valence electrons. The predicted octanol–water partition coefficient (Wildman–Crippen LogP) is 1.02. The van der Waals surface area contributed by atoms with Crippen LogP contribution < -0.4 is 5.43 Å². The molecule has 0 unspecified atom stereocenters. The predicted molar refractivity (Wildman–Crippen MR) is 46.2 cm³/mol. The Morgan fingerprint density at radius 2 is 2.09 bits per heavy atom. The summed E-state index contributed by atoms with van der Waals surface area (Å²) in [5.74, 6) is -0.338. The number of allylic oxidation sites excluding steroid dienone is 2. The standard InChI is InChI=1S/C8H10N2O/c1-4-6-7(5-2)8(11)10-9-3/h4-6H,1-3H2,(H,10,11)/b7-6+. The summed E-state index contributed by atoms with van der Waals surface area (Å²) in [6.45, 7) is 9.99. The molecule has 3 nitrogen and oxygen atoms in total. The maximum Gasteiger partial charge on any atom is 0.271 e. The quantitative estimate of drug-likeness (QED) is 0.276. The number of rotatable bonds is 4. The summed E-state index contributed by atoms with van der Waals surface area (Å²) in [5.41, 5.74) is 2.58. The van der Waals surface area contributed by atoms with Gasteiger partial charge in [0.25, 0.3) is 5.91 Å². The van der Waals surface area contributed by atoms with Crippen molar-refractivity contribution < 1.29 is 4.79 Å². The second-order valence-corrected chi connectivity index (χ2v) is 1.66. The number of hydrogen-bond acceptors (Lipinski definition) is 2. The van der Waals surface area contributed by atoms with Gasteiger partial charge in [-0.25, -0.2) is 5.43 Å². The van der Waals surface area contributed by atoms with E-state index in [9.17, 15) is 4.79 Å². The molecular weight excluding hydrogens is 140 g/mol. The maximum atomic E-state index is 10.9. The van der Waals surface area contributed by atoms with Gasteiger partial charge in [-0.1, -0.05) is 31.4 Å². The minimum Gasteiger partial charge on any atom is -0.267 e. The lowest BCUT2D eigenvalue weighted by atomic mass is 10.2. The highest BCUT2D eigenvalue weighted by atomic mass is 16.2. The Morgan fingerprint density at radius 1 is 1.45 bits per heavy atom. The smallest absolute Gasteiger partial charge is 0.267 e. The van der Waals surface area contributed by atoms with Gasteiger partial charge in [0.05, 0.1) is 0 Å². The summed E-state index contributed by atoms with van der Waals surface area (Å²) in [4.78, 5) is 10.9. The van der Waals surface area contributed by atoms with Crippen LogP contribution >= 0.6 is 0 Å². The summed E-state index contributed by atoms with van der Waals surface area (Å²) >= 11 is 0. The van der Waals surface area contributed by atoms with E-state index in [1.807, 2.05) is 0 Å². The molecular formula is C8H10N2O. The molecule has 0 atom stereocenters. The van der Waals surface area contributed by atoms with Crippen LogP contribution in [0.15, 0.2) is 42.1 Å². The lowest BCUT2D eigenvalue weighted by molar-refractivity contribution is -0.117. The van der Waals surface area contributed by atoms with E-state index in [-0.39, 0.29) is 5.91 Å². The van der Waals surface area contributed by atoms with Gasteiger partial charge in [0.1, 0.15) is 0 Å². The molecule has 3 heteroatoms. The fraction of sp³-hybridized carbons (Fsp3) is 0. The van der Waals surface area contributed by atoms with Gasteiger partial charge in [-0.05, 0) is 0 Å². The summed E-state index contributed by atoms with van der Waals surface area (Å²) in [6.07, 6.45) is 4.45. The van der Waals surface area contributed by atoms with Crippen LogP contribution in [-0.4, -0.2) is 12.6 Å². The molecule has 1 N–H and O–H groups in total. The van der Waals surface area contributed by atoms with Crippen molar-refractivity contribution in [2.75, 3.05) is 0 Å². The number of amides is 1. The van der Waals surface area contributed by atoms with Crippen molar-refractivity contribution in [3.63, 3.8) is 0 Å². The fourth-order valence-electron chi connectivity index (χ4n) is 0.500. The van der Waals surface area contributed by atoms with Crippen LogP contribution in [0.4, 0.5) is 0 Å². The molecule has 0 radical (unpaired) electrons. The van der Waals surface area contributed by atoms with Gasteiger partial charge in [0.2, 0.25) is 0 Å². The van der Waals surface area contributed by atoms with Crippen LogP contribution in [0, 0.1) is 0 Å². The van der Waals surface area contributed by atoms with Crippen molar-refractivity contribution in [3.8, 4) is 0 Å². The Hall–Kier alpha value is -1.64. The maximum absolute atomic E-state index is 10.9. The molecule has 0 aromatic heterocycles. The number of nitrogens with one attached hydrogen (secondary N) is 1. The molecule has 0 saturated heterocycles. The summed E-state index contributed by atoms with van der Waals surface area (Å²) in [6, 6.07) is 0. The summed E-state index contributed by atoms with van der Waals surface area (Å²) in [7, 11) is 0. The molecule has 0 saturated carbocycles. The van der Waals surface area contributed by atoms with E-state index in [0.29, 0.717) is 5.57 Å². The van der Waals surface area contributed by atoms with Crippen molar-refractivity contribution in [1.29, 1.82) is 0 Å². The molecule has 0 aromatic carbocycles. The molecule has 11 heavy (non-hydrogen) atoms. The van der Waals surface area contributed by atoms with Gasteiger partial charge in [-0.2, -0.15) is 5.10 Å². The van der Waals surface area contributed by atoms with Crippen molar-refractivity contribution in [2.45, 2.75) is 0 Å². The lowest BCUT2D eigenvalue weighted by Crippen LogP contribution is -2.17. The highest BCUT2D eigenvalue weighted by Gasteiger charge is 2.00. The van der Waals surface area contributed by atoms with Crippen molar-refractivity contribution in [1.82, 2.24) is 5.43 Å². The number of hydrogen-bond donors (Lipinski definition) is 1. The summed E-state index contributed by atoms with van der Waals surface area (Å²) in [5, 5.41) is 3.21.